The highest BCUT2D eigenvalue weighted by molar-refractivity contribution is 5.52. The van der Waals surface area contributed by atoms with Gasteiger partial charge in [-0.3, -0.25) is 0 Å². The Balaban J connectivity index is 2.35. The van der Waals surface area contributed by atoms with Crippen LogP contribution >= 0.6 is 0 Å². The zero-order chi connectivity index (χ0) is 9.26. The van der Waals surface area contributed by atoms with Crippen LogP contribution in [0.3, 0.4) is 0 Å². The van der Waals surface area contributed by atoms with E-state index in [1.165, 1.54) is 0 Å². The second-order valence-electron chi connectivity index (χ2n) is 3.32. The lowest BCUT2D eigenvalue weighted by atomic mass is 9.95. The van der Waals surface area contributed by atoms with Gasteiger partial charge in [-0.25, -0.2) is 0 Å². The molecule has 2 nitrogen and oxygen atoms in total. The molecule has 0 bridgehead atoms. The lowest BCUT2D eigenvalue weighted by Gasteiger charge is -2.28. The summed E-state index contributed by atoms with van der Waals surface area (Å²) in [5.74, 6) is 0.378. The molecule has 0 unspecified atom stereocenters. The average Bonchev–Trinajstić information content (AvgIpc) is 2.06. The van der Waals surface area contributed by atoms with Crippen molar-refractivity contribution in [2.45, 2.75) is 12.5 Å². The molecular formula is C11H13NO. The molecule has 0 radical (unpaired) electrons. The van der Waals surface area contributed by atoms with Crippen molar-refractivity contribution >= 4 is 6.08 Å². The molecule has 1 atom stereocenters. The number of phenols is 1. The van der Waals surface area contributed by atoms with Gasteiger partial charge < -0.3 is 10.4 Å². The highest BCUT2D eigenvalue weighted by Crippen LogP contribution is 2.31. The van der Waals surface area contributed by atoms with Crippen LogP contribution in [0.15, 0.2) is 24.8 Å². The van der Waals surface area contributed by atoms with E-state index in [0.29, 0.717) is 11.8 Å². The third-order valence-corrected chi connectivity index (χ3v) is 2.49. The smallest absolute Gasteiger partial charge is 0.120 e. The van der Waals surface area contributed by atoms with Crippen LogP contribution in [0, 0.1) is 0 Å². The van der Waals surface area contributed by atoms with E-state index in [1.807, 2.05) is 12.1 Å². The van der Waals surface area contributed by atoms with Gasteiger partial charge in [-0.05, 0) is 30.7 Å². The molecule has 1 saturated heterocycles. The van der Waals surface area contributed by atoms with E-state index < -0.39 is 0 Å². The Kier molecular flexibility index (Phi) is 2.07. The number of benzene rings is 1. The summed E-state index contributed by atoms with van der Waals surface area (Å²) in [7, 11) is 0. The zero-order valence-electron chi connectivity index (χ0n) is 7.46. The van der Waals surface area contributed by atoms with Crippen LogP contribution in [0.25, 0.3) is 6.08 Å². The fourth-order valence-corrected chi connectivity index (χ4v) is 1.53. The van der Waals surface area contributed by atoms with Crippen LogP contribution in [-0.4, -0.2) is 11.7 Å². The predicted octanol–water partition coefficient (Wildman–Crippen LogP) is 2.07. The molecule has 1 aliphatic rings. The van der Waals surface area contributed by atoms with Crippen molar-refractivity contribution in [3.63, 3.8) is 0 Å². The molecule has 2 heteroatoms. The molecule has 0 aliphatic carbocycles. The van der Waals surface area contributed by atoms with E-state index >= 15 is 0 Å². The zero-order valence-corrected chi connectivity index (χ0v) is 7.46. The minimum Gasteiger partial charge on any atom is -0.508 e. The maximum absolute atomic E-state index is 9.59. The molecule has 0 spiro atoms. The lowest BCUT2D eigenvalue weighted by Crippen LogP contribution is -2.34. The van der Waals surface area contributed by atoms with Gasteiger partial charge in [0, 0.05) is 11.6 Å². The number of rotatable bonds is 2. The fraction of sp³-hybridized carbons (Fsp3) is 0.273. The molecule has 2 rings (SSSR count). The van der Waals surface area contributed by atoms with E-state index in [2.05, 4.69) is 11.9 Å². The fourth-order valence-electron chi connectivity index (χ4n) is 1.53. The molecule has 68 valence electrons. The van der Waals surface area contributed by atoms with Crippen molar-refractivity contribution in [3.05, 3.63) is 35.9 Å². The Morgan fingerprint density at radius 2 is 2.31 bits per heavy atom. The second-order valence-corrected chi connectivity index (χ2v) is 3.32. The second kappa shape index (κ2) is 3.23. The van der Waals surface area contributed by atoms with Crippen LogP contribution in [-0.2, 0) is 0 Å². The summed E-state index contributed by atoms with van der Waals surface area (Å²) in [5.41, 5.74) is 2.05. The number of phenolic OH excluding ortho intramolecular Hbond substituents is 1. The van der Waals surface area contributed by atoms with Crippen LogP contribution in [0.4, 0.5) is 0 Å². The van der Waals surface area contributed by atoms with Gasteiger partial charge in [0.1, 0.15) is 5.75 Å². The molecule has 13 heavy (non-hydrogen) atoms. The molecule has 1 aromatic carbocycles. The first kappa shape index (κ1) is 8.32. The van der Waals surface area contributed by atoms with Crippen LogP contribution in [0.2, 0.25) is 0 Å². The molecule has 1 heterocycles. The summed E-state index contributed by atoms with van der Waals surface area (Å²) >= 11 is 0. The summed E-state index contributed by atoms with van der Waals surface area (Å²) in [6.45, 7) is 4.75. The first-order valence-electron chi connectivity index (χ1n) is 4.50. The van der Waals surface area contributed by atoms with E-state index in [0.717, 1.165) is 24.1 Å². The third kappa shape index (κ3) is 1.45. The van der Waals surface area contributed by atoms with Crippen molar-refractivity contribution < 1.29 is 5.11 Å². The lowest BCUT2D eigenvalue weighted by molar-refractivity contribution is 0.364. The topological polar surface area (TPSA) is 32.3 Å². The largest absolute Gasteiger partial charge is 0.508 e. The average molecular weight is 175 g/mol. The van der Waals surface area contributed by atoms with E-state index in [9.17, 15) is 5.11 Å². The standard InChI is InChI=1S/C11H13NO/c1-2-8-3-4-11(13)9(7-8)10-5-6-12-10/h2-4,7,10,12-13H,1,5-6H2/t10-/m1/s1. The number of nitrogens with one attached hydrogen (secondary N) is 1. The molecule has 1 aliphatic heterocycles. The van der Waals surface area contributed by atoms with E-state index in [-0.39, 0.29) is 0 Å². The predicted molar refractivity (Wildman–Crippen MR) is 53.6 cm³/mol. The van der Waals surface area contributed by atoms with E-state index in [4.69, 9.17) is 0 Å². The monoisotopic (exact) mass is 175 g/mol. The van der Waals surface area contributed by atoms with Crippen molar-refractivity contribution in [2.24, 2.45) is 0 Å². The highest BCUT2D eigenvalue weighted by Gasteiger charge is 2.21. The number of hydrogen-bond acceptors (Lipinski definition) is 2. The molecule has 1 fully saturated rings. The Hall–Kier alpha value is -1.28. The quantitative estimate of drug-likeness (QED) is 0.721. The first-order chi connectivity index (χ1) is 6.31. The van der Waals surface area contributed by atoms with Crippen molar-refractivity contribution in [2.75, 3.05) is 6.54 Å². The summed E-state index contributed by atoms with van der Waals surface area (Å²) in [6, 6.07) is 5.91. The van der Waals surface area contributed by atoms with Gasteiger partial charge in [0.25, 0.3) is 0 Å². The summed E-state index contributed by atoms with van der Waals surface area (Å²) in [4.78, 5) is 0. The molecule has 0 saturated carbocycles. The van der Waals surface area contributed by atoms with Gasteiger partial charge in [0.05, 0.1) is 0 Å². The Bertz CT molecular complexity index is 329. The first-order valence-corrected chi connectivity index (χ1v) is 4.50. The number of aromatic hydroxyl groups is 1. The van der Waals surface area contributed by atoms with Gasteiger partial charge in [0.15, 0.2) is 0 Å². The van der Waals surface area contributed by atoms with Gasteiger partial charge in [-0.1, -0.05) is 18.7 Å². The van der Waals surface area contributed by atoms with Gasteiger partial charge in [0.2, 0.25) is 0 Å². The van der Waals surface area contributed by atoms with Gasteiger partial charge >= 0.3 is 0 Å². The van der Waals surface area contributed by atoms with Crippen LogP contribution < -0.4 is 5.32 Å². The molecule has 1 aromatic rings. The van der Waals surface area contributed by atoms with Crippen LogP contribution in [0.1, 0.15) is 23.6 Å². The van der Waals surface area contributed by atoms with Crippen LogP contribution in [0.5, 0.6) is 5.75 Å². The van der Waals surface area contributed by atoms with Crippen molar-refractivity contribution in [3.8, 4) is 5.75 Å². The Morgan fingerprint density at radius 1 is 1.54 bits per heavy atom. The Labute approximate surface area is 77.9 Å². The van der Waals surface area contributed by atoms with Crippen molar-refractivity contribution in [1.82, 2.24) is 5.32 Å². The maximum atomic E-state index is 9.59. The molecule has 0 aromatic heterocycles. The molecule has 2 N–H and O–H groups in total. The van der Waals surface area contributed by atoms with Crippen molar-refractivity contribution in [1.29, 1.82) is 0 Å². The minimum atomic E-state index is 0.333. The summed E-state index contributed by atoms with van der Waals surface area (Å²) in [6.07, 6.45) is 2.90. The maximum Gasteiger partial charge on any atom is 0.120 e. The van der Waals surface area contributed by atoms with E-state index in [1.54, 1.807) is 12.1 Å². The summed E-state index contributed by atoms with van der Waals surface area (Å²) < 4.78 is 0. The number of hydrogen-bond donors (Lipinski definition) is 2. The molecular weight excluding hydrogens is 162 g/mol. The third-order valence-electron chi connectivity index (χ3n) is 2.49. The Morgan fingerprint density at radius 3 is 2.85 bits per heavy atom. The van der Waals surface area contributed by atoms with Gasteiger partial charge in [-0.2, -0.15) is 0 Å². The summed E-state index contributed by atoms with van der Waals surface area (Å²) in [5, 5.41) is 12.9. The highest BCUT2D eigenvalue weighted by atomic mass is 16.3. The SMILES string of the molecule is C=Cc1ccc(O)c([C@H]2CCN2)c1. The normalized spacial score (nSPS) is 20.8. The molecule has 0 amide bonds. The minimum absolute atomic E-state index is 0.333. The van der Waals surface area contributed by atoms with Gasteiger partial charge in [-0.15, -0.1) is 0 Å².